The molecule has 0 saturated heterocycles. The van der Waals surface area contributed by atoms with E-state index >= 15 is 0 Å². The van der Waals surface area contributed by atoms with Gasteiger partial charge in [-0.1, -0.05) is 0 Å². The first-order valence-electron chi connectivity index (χ1n) is 9.27. The van der Waals surface area contributed by atoms with Gasteiger partial charge in [0.1, 0.15) is 22.6 Å². The third-order valence-corrected chi connectivity index (χ3v) is 4.99. The second kappa shape index (κ2) is 8.03. The molecule has 10 nitrogen and oxygen atoms in total. The van der Waals surface area contributed by atoms with Crippen LogP contribution in [-0.4, -0.2) is 39.9 Å². The smallest absolute Gasteiger partial charge is 0.358 e. The SMILES string of the molecule is Cc1c(C)c2nc3cncc(n3)nc3[n-]c(nc4cncc(n4)nc1[n-]2)c(C)c3C.[Pt+2]. The fraction of sp³-hybridized carbons (Fsp3) is 0.200. The van der Waals surface area contributed by atoms with Crippen LogP contribution in [0, 0.1) is 27.7 Å². The molecule has 0 spiro atoms. The Morgan fingerprint density at radius 3 is 0.968 bits per heavy atom. The topological polar surface area (TPSA) is 131 Å². The zero-order chi connectivity index (χ0) is 20.8. The molecule has 156 valence electrons. The molecule has 0 fully saturated rings. The average molecular weight is 591 g/mol. The van der Waals surface area contributed by atoms with E-state index in [1.807, 2.05) is 27.7 Å². The minimum Gasteiger partial charge on any atom is -0.358 e. The fourth-order valence-electron chi connectivity index (χ4n) is 2.98. The fourth-order valence-corrected chi connectivity index (χ4v) is 2.98. The molecule has 0 N–H and O–H groups in total. The van der Waals surface area contributed by atoms with Gasteiger partial charge in [-0.2, -0.15) is 0 Å². The molecule has 11 heteroatoms. The van der Waals surface area contributed by atoms with Crippen molar-refractivity contribution >= 4 is 45.2 Å². The summed E-state index contributed by atoms with van der Waals surface area (Å²) in [5.41, 5.74) is 7.36. The van der Waals surface area contributed by atoms with E-state index in [9.17, 15) is 0 Å². The van der Waals surface area contributed by atoms with Gasteiger partial charge in [0, 0.05) is 22.6 Å². The molecule has 5 rings (SSSR count). The molecule has 0 radical (unpaired) electrons. The van der Waals surface area contributed by atoms with Gasteiger partial charge in [-0.3, -0.25) is 9.97 Å². The monoisotopic (exact) mass is 591 g/mol. The van der Waals surface area contributed by atoms with Crippen LogP contribution < -0.4 is 9.97 Å². The maximum absolute atomic E-state index is 4.54. The van der Waals surface area contributed by atoms with Crippen LogP contribution in [-0.2, 0) is 21.1 Å². The van der Waals surface area contributed by atoms with Crippen molar-refractivity contribution in [2.75, 3.05) is 0 Å². The van der Waals surface area contributed by atoms with Crippen molar-refractivity contribution in [1.29, 1.82) is 0 Å². The van der Waals surface area contributed by atoms with Crippen LogP contribution >= 0.6 is 0 Å². The second-order valence-corrected chi connectivity index (χ2v) is 6.94. The summed E-state index contributed by atoms with van der Waals surface area (Å²) in [6.45, 7) is 7.76. The zero-order valence-corrected chi connectivity index (χ0v) is 19.4. The van der Waals surface area contributed by atoms with E-state index in [4.69, 9.17) is 0 Å². The molecule has 0 atom stereocenters. The molecule has 31 heavy (non-hydrogen) atoms. The number of fused-ring (bicyclic) bond motifs is 8. The van der Waals surface area contributed by atoms with Crippen LogP contribution in [0.2, 0.25) is 0 Å². The maximum Gasteiger partial charge on any atom is 2.00 e. The standard InChI is InChI=1S/C20H16N10.Pt/c1-9-10(2)18-26-14-6-22-8-16(24-14)28-20-12(4)11(3)19(30-20)27-15-7-21-5-13(23-15)25-17(9)29-18;/h5-8H,1-4H3;/q-2;+2. The second-order valence-electron chi connectivity index (χ2n) is 6.94. The number of aryl methyl sites for hydroxylation is 4. The van der Waals surface area contributed by atoms with Crippen molar-refractivity contribution in [2.45, 2.75) is 27.7 Å². The van der Waals surface area contributed by atoms with Gasteiger partial charge in [0.25, 0.3) is 0 Å². The van der Waals surface area contributed by atoms with E-state index < -0.39 is 0 Å². The van der Waals surface area contributed by atoms with Gasteiger partial charge in [0.2, 0.25) is 0 Å². The predicted molar refractivity (Wildman–Crippen MR) is 111 cm³/mol. The Hall–Kier alpha value is -3.39. The summed E-state index contributed by atoms with van der Waals surface area (Å²) in [5.74, 6) is 0. The molecule has 0 aliphatic rings. The number of hydrogen-bond donors (Lipinski definition) is 0. The Morgan fingerprint density at radius 1 is 0.452 bits per heavy atom. The van der Waals surface area contributed by atoms with Gasteiger partial charge in [-0.15, -0.1) is 0 Å². The van der Waals surface area contributed by atoms with Gasteiger partial charge >= 0.3 is 21.1 Å². The maximum atomic E-state index is 4.54. The minimum absolute atomic E-state index is 0. The number of hydrogen-bond acceptors (Lipinski definition) is 8. The quantitative estimate of drug-likeness (QED) is 0.264. The Balaban J connectivity index is 0.00000231. The molecule has 5 aromatic rings. The van der Waals surface area contributed by atoms with Gasteiger partial charge in [0.05, 0.1) is 24.8 Å². The zero-order valence-electron chi connectivity index (χ0n) is 17.1. The van der Waals surface area contributed by atoms with Gasteiger partial charge < -0.3 is 29.9 Å². The molecule has 5 heterocycles. The number of nitrogens with zero attached hydrogens (tertiary/aromatic N) is 10. The summed E-state index contributed by atoms with van der Waals surface area (Å²) >= 11 is 0. The molecular formula is C20H16N10Pt. The summed E-state index contributed by atoms with van der Waals surface area (Å²) in [6.07, 6.45) is 6.26. The molecule has 0 amide bonds. The van der Waals surface area contributed by atoms with Crippen molar-refractivity contribution in [3.8, 4) is 0 Å². The van der Waals surface area contributed by atoms with Crippen LogP contribution in [0.3, 0.4) is 0 Å². The average Bonchev–Trinajstić information content (AvgIpc) is 3.13. The summed E-state index contributed by atoms with van der Waals surface area (Å²) < 4.78 is 0. The Labute approximate surface area is 190 Å². The molecule has 0 unspecified atom stereocenters. The summed E-state index contributed by atoms with van der Waals surface area (Å²) in [5, 5.41) is 0. The van der Waals surface area contributed by atoms with E-state index in [1.54, 1.807) is 24.8 Å². The predicted octanol–water partition coefficient (Wildman–Crippen LogP) is 2.29. The van der Waals surface area contributed by atoms with Crippen molar-refractivity contribution in [3.05, 3.63) is 47.0 Å². The van der Waals surface area contributed by atoms with Crippen LogP contribution in [0.15, 0.2) is 24.8 Å². The van der Waals surface area contributed by atoms with Gasteiger partial charge in [-0.05, 0) is 49.9 Å². The number of rotatable bonds is 0. The molecule has 8 bridgehead atoms. The van der Waals surface area contributed by atoms with Crippen molar-refractivity contribution in [1.82, 2.24) is 49.8 Å². The largest absolute Gasteiger partial charge is 2.00 e. The molecule has 5 aromatic heterocycles. The first kappa shape index (κ1) is 20.9. The van der Waals surface area contributed by atoms with E-state index in [0.29, 0.717) is 45.2 Å². The Kier molecular flexibility index (Phi) is 5.41. The molecule has 0 aliphatic heterocycles. The molecule has 0 aliphatic carbocycles. The third-order valence-electron chi connectivity index (χ3n) is 4.99. The van der Waals surface area contributed by atoms with E-state index in [1.165, 1.54) is 0 Å². The van der Waals surface area contributed by atoms with Crippen molar-refractivity contribution in [2.24, 2.45) is 0 Å². The van der Waals surface area contributed by atoms with Crippen LogP contribution in [0.5, 0.6) is 0 Å². The van der Waals surface area contributed by atoms with E-state index in [-0.39, 0.29) is 21.1 Å². The molecule has 0 aromatic carbocycles. The Morgan fingerprint density at radius 2 is 0.710 bits per heavy atom. The minimum atomic E-state index is 0. The van der Waals surface area contributed by atoms with Gasteiger partial charge in [0.15, 0.2) is 0 Å². The third kappa shape index (κ3) is 3.86. The van der Waals surface area contributed by atoms with E-state index in [0.717, 1.165) is 22.3 Å². The van der Waals surface area contributed by atoms with Crippen LogP contribution in [0.25, 0.3) is 45.2 Å². The normalized spacial score (nSPS) is 11.0. The first-order chi connectivity index (χ1) is 14.5. The van der Waals surface area contributed by atoms with Gasteiger partial charge in [-0.25, -0.2) is 9.97 Å². The van der Waals surface area contributed by atoms with Crippen molar-refractivity contribution in [3.63, 3.8) is 0 Å². The van der Waals surface area contributed by atoms with Crippen LogP contribution in [0.4, 0.5) is 0 Å². The molecular weight excluding hydrogens is 575 g/mol. The molecule has 0 saturated carbocycles. The Bertz CT molecular complexity index is 1330. The van der Waals surface area contributed by atoms with Crippen LogP contribution in [0.1, 0.15) is 22.3 Å². The number of aromatic nitrogens is 10. The van der Waals surface area contributed by atoms with E-state index in [2.05, 4.69) is 49.8 Å². The van der Waals surface area contributed by atoms with Crippen molar-refractivity contribution < 1.29 is 21.1 Å². The first-order valence-corrected chi connectivity index (χ1v) is 9.27. The summed E-state index contributed by atoms with van der Waals surface area (Å²) in [6, 6.07) is 0. The summed E-state index contributed by atoms with van der Waals surface area (Å²) in [7, 11) is 0. The summed E-state index contributed by atoms with van der Waals surface area (Å²) in [4.78, 5) is 44.6.